The van der Waals surface area contributed by atoms with Gasteiger partial charge in [0.25, 0.3) is 5.91 Å². The summed E-state index contributed by atoms with van der Waals surface area (Å²) in [5.74, 6) is 0.583. The van der Waals surface area contributed by atoms with Gasteiger partial charge in [-0.1, -0.05) is 30.3 Å². The van der Waals surface area contributed by atoms with Gasteiger partial charge in [-0.3, -0.25) is 9.59 Å². The molecule has 4 rings (SSSR count). The Balaban J connectivity index is 1.74. The first-order valence-electron chi connectivity index (χ1n) is 9.48. The number of fused-ring (bicyclic) bond motifs is 1. The summed E-state index contributed by atoms with van der Waals surface area (Å²) in [6.45, 7) is 5.51. The van der Waals surface area contributed by atoms with Gasteiger partial charge in [-0.05, 0) is 35.7 Å². The van der Waals surface area contributed by atoms with Gasteiger partial charge < -0.3 is 14.6 Å². The van der Waals surface area contributed by atoms with Crippen molar-refractivity contribution in [2.75, 3.05) is 5.32 Å². The zero-order valence-corrected chi connectivity index (χ0v) is 16.6. The molecule has 1 unspecified atom stereocenters. The lowest BCUT2D eigenvalue weighted by atomic mass is 9.92. The minimum atomic E-state index is -0.345. The zero-order valence-electron chi connectivity index (χ0n) is 16.6. The fraction of sp³-hybridized carbons (Fsp3) is 0.273. The van der Waals surface area contributed by atoms with E-state index in [1.807, 2.05) is 31.2 Å². The molecule has 0 aliphatic carbocycles. The molecule has 7 heteroatoms. The predicted octanol–water partition coefficient (Wildman–Crippen LogP) is 3.58. The largest absolute Gasteiger partial charge is 0.423 e. The van der Waals surface area contributed by atoms with Crippen molar-refractivity contribution in [1.29, 1.82) is 0 Å². The van der Waals surface area contributed by atoms with Gasteiger partial charge in [0.1, 0.15) is 6.04 Å². The van der Waals surface area contributed by atoms with Crippen LogP contribution >= 0.6 is 0 Å². The van der Waals surface area contributed by atoms with E-state index in [2.05, 4.69) is 21.6 Å². The number of aromatic nitrogens is 2. The Hall–Kier alpha value is -3.48. The topological polar surface area (TPSA) is 88.3 Å². The molecule has 7 nitrogen and oxygen atoms in total. The number of rotatable bonds is 3. The van der Waals surface area contributed by atoms with Crippen LogP contribution in [0.3, 0.4) is 0 Å². The molecule has 1 aliphatic heterocycles. The van der Waals surface area contributed by atoms with Crippen molar-refractivity contribution in [3.63, 3.8) is 0 Å². The zero-order chi connectivity index (χ0) is 20.5. The average molecular weight is 390 g/mol. The van der Waals surface area contributed by atoms with Crippen molar-refractivity contribution in [3.8, 4) is 0 Å². The van der Waals surface area contributed by atoms with Crippen molar-refractivity contribution in [2.45, 2.75) is 39.8 Å². The molecule has 29 heavy (non-hydrogen) atoms. The Morgan fingerprint density at radius 2 is 1.86 bits per heavy atom. The average Bonchev–Trinajstić information content (AvgIpc) is 3.13. The smallest absolute Gasteiger partial charge is 0.255 e. The van der Waals surface area contributed by atoms with Crippen LogP contribution in [-0.2, 0) is 17.8 Å². The van der Waals surface area contributed by atoms with Crippen LogP contribution in [0.15, 0.2) is 46.9 Å². The van der Waals surface area contributed by atoms with E-state index in [9.17, 15) is 9.59 Å². The number of amides is 2. The Labute approximate surface area is 168 Å². The van der Waals surface area contributed by atoms with Crippen molar-refractivity contribution < 1.29 is 14.0 Å². The minimum Gasteiger partial charge on any atom is -0.423 e. The van der Waals surface area contributed by atoms with Crippen LogP contribution < -0.4 is 5.32 Å². The molecule has 0 saturated carbocycles. The molecule has 0 bridgehead atoms. The summed E-state index contributed by atoms with van der Waals surface area (Å²) in [7, 11) is 0. The molecule has 1 atom stereocenters. The standard InChI is InChI=1S/C22H22N4O3/c1-13-8-9-18(23-14(2)27)11-19(13)22(28)26-12-17-7-5-4-6-16(17)10-20(26)21-25-24-15(3)29-21/h4-9,11,20H,10,12H2,1-3H3,(H,23,27). The summed E-state index contributed by atoms with van der Waals surface area (Å²) < 4.78 is 5.69. The maximum Gasteiger partial charge on any atom is 0.255 e. The van der Waals surface area contributed by atoms with Gasteiger partial charge in [0.15, 0.2) is 0 Å². The Morgan fingerprint density at radius 1 is 1.10 bits per heavy atom. The molecule has 148 valence electrons. The van der Waals surface area contributed by atoms with Gasteiger partial charge in [-0.15, -0.1) is 10.2 Å². The summed E-state index contributed by atoms with van der Waals surface area (Å²) in [5.41, 5.74) is 4.24. The molecule has 0 radical (unpaired) electrons. The summed E-state index contributed by atoms with van der Waals surface area (Å²) in [5, 5.41) is 10.9. The molecule has 0 spiro atoms. The van der Waals surface area contributed by atoms with E-state index in [-0.39, 0.29) is 17.9 Å². The fourth-order valence-electron chi connectivity index (χ4n) is 3.69. The fourth-order valence-corrected chi connectivity index (χ4v) is 3.69. The predicted molar refractivity (Wildman–Crippen MR) is 107 cm³/mol. The molecule has 2 heterocycles. The van der Waals surface area contributed by atoms with E-state index in [4.69, 9.17) is 4.42 Å². The number of carbonyl (C=O) groups excluding carboxylic acids is 2. The first-order chi connectivity index (χ1) is 13.9. The SMILES string of the molecule is CC(=O)Nc1ccc(C)c(C(=O)N2Cc3ccccc3CC2c2nnc(C)o2)c1. The molecule has 1 aromatic heterocycles. The van der Waals surface area contributed by atoms with Crippen molar-refractivity contribution >= 4 is 17.5 Å². The number of nitrogens with one attached hydrogen (secondary N) is 1. The highest BCUT2D eigenvalue weighted by molar-refractivity contribution is 5.98. The first-order valence-corrected chi connectivity index (χ1v) is 9.48. The molecule has 3 aromatic rings. The van der Waals surface area contributed by atoms with Gasteiger partial charge in [0.05, 0.1) is 0 Å². The van der Waals surface area contributed by atoms with E-state index in [0.717, 1.165) is 11.1 Å². The van der Waals surface area contributed by atoms with Crippen LogP contribution in [0.1, 0.15) is 51.8 Å². The van der Waals surface area contributed by atoms with Crippen LogP contribution in [-0.4, -0.2) is 26.9 Å². The molecule has 0 saturated heterocycles. The Kier molecular flexibility index (Phi) is 4.88. The number of carbonyl (C=O) groups is 2. The molecule has 2 amide bonds. The normalized spacial score (nSPS) is 15.7. The highest BCUT2D eigenvalue weighted by atomic mass is 16.4. The van der Waals surface area contributed by atoms with E-state index in [1.54, 1.807) is 24.0 Å². The maximum absolute atomic E-state index is 13.6. The van der Waals surface area contributed by atoms with Gasteiger partial charge in [-0.2, -0.15) is 0 Å². The molecule has 2 aromatic carbocycles. The summed E-state index contributed by atoms with van der Waals surface area (Å²) in [4.78, 5) is 26.8. The highest BCUT2D eigenvalue weighted by Crippen LogP contribution is 2.34. The lowest BCUT2D eigenvalue weighted by Crippen LogP contribution is -2.39. The van der Waals surface area contributed by atoms with Crippen molar-refractivity contribution in [2.24, 2.45) is 0 Å². The monoisotopic (exact) mass is 390 g/mol. The molecular formula is C22H22N4O3. The maximum atomic E-state index is 13.6. The Bertz CT molecular complexity index is 1090. The summed E-state index contributed by atoms with van der Waals surface area (Å²) in [6, 6.07) is 13.1. The number of hydrogen-bond acceptors (Lipinski definition) is 5. The number of anilines is 1. The third-order valence-electron chi connectivity index (χ3n) is 5.12. The highest BCUT2D eigenvalue weighted by Gasteiger charge is 2.35. The first kappa shape index (κ1) is 18.9. The molecule has 1 aliphatic rings. The van der Waals surface area contributed by atoms with Gasteiger partial charge >= 0.3 is 0 Å². The van der Waals surface area contributed by atoms with Crippen molar-refractivity contribution in [1.82, 2.24) is 15.1 Å². The van der Waals surface area contributed by atoms with Gasteiger partial charge in [-0.25, -0.2) is 0 Å². The van der Waals surface area contributed by atoms with Crippen LogP contribution in [0.2, 0.25) is 0 Å². The van der Waals surface area contributed by atoms with Crippen LogP contribution in [0.5, 0.6) is 0 Å². The lowest BCUT2D eigenvalue weighted by molar-refractivity contribution is -0.114. The number of benzene rings is 2. The van der Waals surface area contributed by atoms with E-state index in [0.29, 0.717) is 36.0 Å². The molecule has 1 N–H and O–H groups in total. The lowest BCUT2D eigenvalue weighted by Gasteiger charge is -2.35. The number of hydrogen-bond donors (Lipinski definition) is 1. The molecular weight excluding hydrogens is 368 g/mol. The summed E-state index contributed by atoms with van der Waals surface area (Å²) in [6.07, 6.45) is 0.605. The van der Waals surface area contributed by atoms with Crippen LogP contribution in [0.25, 0.3) is 0 Å². The van der Waals surface area contributed by atoms with E-state index < -0.39 is 0 Å². The number of aryl methyl sites for hydroxylation is 2. The summed E-state index contributed by atoms with van der Waals surface area (Å²) >= 11 is 0. The third-order valence-corrected chi connectivity index (χ3v) is 5.12. The second kappa shape index (κ2) is 7.50. The van der Waals surface area contributed by atoms with Gasteiger partial charge in [0, 0.05) is 38.1 Å². The number of nitrogens with zero attached hydrogens (tertiary/aromatic N) is 3. The van der Waals surface area contributed by atoms with Crippen LogP contribution in [0, 0.1) is 13.8 Å². The van der Waals surface area contributed by atoms with E-state index >= 15 is 0 Å². The minimum absolute atomic E-state index is 0.134. The van der Waals surface area contributed by atoms with Crippen molar-refractivity contribution in [3.05, 3.63) is 76.5 Å². The Morgan fingerprint density at radius 3 is 2.55 bits per heavy atom. The third kappa shape index (κ3) is 3.76. The van der Waals surface area contributed by atoms with E-state index in [1.165, 1.54) is 12.5 Å². The second-order valence-electron chi connectivity index (χ2n) is 7.29. The molecule has 0 fully saturated rings. The quantitative estimate of drug-likeness (QED) is 0.738. The van der Waals surface area contributed by atoms with Gasteiger partial charge in [0.2, 0.25) is 17.7 Å². The van der Waals surface area contributed by atoms with Crippen LogP contribution in [0.4, 0.5) is 5.69 Å². The second-order valence-corrected chi connectivity index (χ2v) is 7.29.